The third-order valence-corrected chi connectivity index (χ3v) is 9.15. The van der Waals surface area contributed by atoms with Gasteiger partial charge in [0, 0.05) is 23.3 Å². The first kappa shape index (κ1) is 21.8. The van der Waals surface area contributed by atoms with E-state index in [-0.39, 0.29) is 35.9 Å². The number of carbonyl (C=O) groups is 2. The highest BCUT2D eigenvalue weighted by Crippen LogP contribution is 2.71. The Morgan fingerprint density at radius 2 is 2.03 bits per heavy atom. The molecule has 4 aliphatic rings. The lowest BCUT2D eigenvalue weighted by molar-refractivity contribution is -0.211. The largest absolute Gasteiger partial charge is 0.390 e. The lowest BCUT2D eigenvalue weighted by Crippen LogP contribution is -2.69. The van der Waals surface area contributed by atoms with Crippen LogP contribution in [-0.4, -0.2) is 59.9 Å². The summed E-state index contributed by atoms with van der Waals surface area (Å²) in [7, 11) is 1.72. The van der Waals surface area contributed by atoms with Crippen LogP contribution in [0.2, 0.25) is 0 Å². The molecule has 5 nitrogen and oxygen atoms in total. The number of aliphatic hydroxyl groups is 2. The lowest BCUT2D eigenvalue weighted by Gasteiger charge is -2.63. The van der Waals surface area contributed by atoms with Crippen molar-refractivity contribution in [3.05, 3.63) is 23.8 Å². The van der Waals surface area contributed by atoms with Crippen LogP contribution in [0.25, 0.3) is 0 Å². The van der Waals surface area contributed by atoms with Crippen molar-refractivity contribution in [3.63, 3.8) is 0 Å². The molecule has 0 radical (unpaired) electrons. The second kappa shape index (κ2) is 6.78. The lowest BCUT2D eigenvalue weighted by atomic mass is 9.43. The van der Waals surface area contributed by atoms with Crippen molar-refractivity contribution in [3.8, 4) is 0 Å². The number of rotatable bonds is 4. The van der Waals surface area contributed by atoms with Gasteiger partial charge in [-0.3, -0.25) is 9.59 Å². The number of carbonyl (C=O) groups excluding carboxylic acids is 2. The molecule has 0 spiro atoms. The molecule has 3 fully saturated rings. The third kappa shape index (κ3) is 2.37. The molecule has 0 aromatic heterocycles. The van der Waals surface area contributed by atoms with E-state index in [0.29, 0.717) is 19.4 Å². The molecule has 1 unspecified atom stereocenters. The summed E-state index contributed by atoms with van der Waals surface area (Å²) in [5.74, 6) is -1.81. The van der Waals surface area contributed by atoms with Crippen LogP contribution in [0, 0.1) is 28.1 Å². The summed E-state index contributed by atoms with van der Waals surface area (Å²) in [6.07, 6.45) is 1.84. The number of hydrogen-bond acceptors (Lipinski definition) is 5. The van der Waals surface area contributed by atoms with Crippen LogP contribution in [-0.2, 0) is 9.59 Å². The van der Waals surface area contributed by atoms with Gasteiger partial charge >= 0.3 is 0 Å². The van der Waals surface area contributed by atoms with Crippen LogP contribution in [0.15, 0.2) is 23.8 Å². The van der Waals surface area contributed by atoms with Crippen LogP contribution in [0.1, 0.15) is 39.5 Å². The molecular formula is C23H31F2NO4. The van der Waals surface area contributed by atoms with Gasteiger partial charge < -0.3 is 15.5 Å². The number of allylic oxidation sites excluding steroid dienone is 4. The second-order valence-corrected chi connectivity index (χ2v) is 10.1. The fourth-order valence-electron chi connectivity index (χ4n) is 7.62. The molecular weight excluding hydrogens is 392 g/mol. The predicted molar refractivity (Wildman–Crippen MR) is 107 cm³/mol. The summed E-state index contributed by atoms with van der Waals surface area (Å²) in [6, 6.07) is 0. The van der Waals surface area contributed by atoms with Gasteiger partial charge in [-0.2, -0.15) is 0 Å². The van der Waals surface area contributed by atoms with E-state index in [1.165, 1.54) is 18.2 Å². The minimum atomic E-state index is -2.14. The zero-order valence-electron chi connectivity index (χ0n) is 17.8. The van der Waals surface area contributed by atoms with Crippen LogP contribution < -0.4 is 5.32 Å². The Balaban J connectivity index is 1.85. The summed E-state index contributed by atoms with van der Waals surface area (Å²) in [4.78, 5) is 24.8. The molecule has 166 valence electrons. The first-order valence-corrected chi connectivity index (χ1v) is 10.8. The number of hydrogen-bond donors (Lipinski definition) is 3. The molecule has 0 aliphatic heterocycles. The van der Waals surface area contributed by atoms with Crippen LogP contribution in [0.3, 0.4) is 0 Å². The van der Waals surface area contributed by atoms with Crippen LogP contribution in [0.4, 0.5) is 8.78 Å². The number of nitrogens with one attached hydrogen (secondary N) is 1. The molecule has 8 atom stereocenters. The Morgan fingerprint density at radius 1 is 1.33 bits per heavy atom. The molecule has 0 amide bonds. The Labute approximate surface area is 175 Å². The smallest absolute Gasteiger partial charge is 0.178 e. The van der Waals surface area contributed by atoms with Crippen molar-refractivity contribution >= 4 is 11.6 Å². The van der Waals surface area contributed by atoms with Crippen molar-refractivity contribution in [2.75, 3.05) is 20.2 Å². The highest BCUT2D eigenvalue weighted by molar-refractivity contribution is 6.01. The van der Waals surface area contributed by atoms with E-state index in [1.807, 2.05) is 6.92 Å². The number of fused-ring (bicyclic) bond motifs is 5. The number of alkyl halides is 2. The fraction of sp³-hybridized carbons (Fsp3) is 0.739. The van der Waals surface area contributed by atoms with E-state index in [4.69, 9.17) is 0 Å². The normalized spacial score (nSPS) is 49.8. The highest BCUT2D eigenvalue weighted by Gasteiger charge is 2.74. The molecule has 0 bridgehead atoms. The third-order valence-electron chi connectivity index (χ3n) is 9.15. The van der Waals surface area contributed by atoms with Crippen molar-refractivity contribution in [1.82, 2.24) is 5.32 Å². The summed E-state index contributed by atoms with van der Waals surface area (Å²) in [5.41, 5.74) is -5.17. The van der Waals surface area contributed by atoms with E-state index >= 15 is 8.78 Å². The van der Waals surface area contributed by atoms with Gasteiger partial charge in [-0.05, 0) is 68.7 Å². The van der Waals surface area contributed by atoms with Gasteiger partial charge in [-0.1, -0.05) is 13.0 Å². The molecule has 4 rings (SSSR count). The van der Waals surface area contributed by atoms with Crippen LogP contribution in [0.5, 0.6) is 0 Å². The van der Waals surface area contributed by atoms with E-state index < -0.39 is 46.7 Å². The highest BCUT2D eigenvalue weighted by atomic mass is 19.1. The maximum absolute atomic E-state index is 17.0. The van der Waals surface area contributed by atoms with Crippen molar-refractivity contribution in [2.45, 2.75) is 57.5 Å². The Kier molecular flexibility index (Phi) is 4.92. The van der Waals surface area contributed by atoms with Crippen molar-refractivity contribution < 1.29 is 28.6 Å². The zero-order valence-corrected chi connectivity index (χ0v) is 17.8. The van der Waals surface area contributed by atoms with Gasteiger partial charge in [0.1, 0.15) is 12.8 Å². The van der Waals surface area contributed by atoms with Gasteiger partial charge in [-0.15, -0.1) is 0 Å². The number of aliphatic hydroxyl groups excluding tert-OH is 2. The molecule has 3 saturated carbocycles. The van der Waals surface area contributed by atoms with E-state index in [1.54, 1.807) is 14.0 Å². The molecule has 0 heterocycles. The number of Topliss-reactive ketones (excluding diaryl/α,β-unsaturated/α-hetero) is 1. The molecule has 0 aromatic rings. The summed E-state index contributed by atoms with van der Waals surface area (Å²) < 4.78 is 32.3. The number of halogens is 2. The average molecular weight is 424 g/mol. The van der Waals surface area contributed by atoms with Gasteiger partial charge in [-0.25, -0.2) is 8.78 Å². The van der Waals surface area contributed by atoms with Crippen molar-refractivity contribution in [2.24, 2.45) is 28.1 Å². The molecule has 30 heavy (non-hydrogen) atoms. The molecule has 0 saturated heterocycles. The average Bonchev–Trinajstić information content (AvgIpc) is 2.98. The molecule has 7 heteroatoms. The van der Waals surface area contributed by atoms with E-state index in [9.17, 15) is 19.8 Å². The maximum Gasteiger partial charge on any atom is 0.178 e. The van der Waals surface area contributed by atoms with Gasteiger partial charge in [0.2, 0.25) is 0 Å². The minimum absolute atomic E-state index is 0.0414. The first-order chi connectivity index (χ1) is 14.0. The van der Waals surface area contributed by atoms with Crippen molar-refractivity contribution in [1.29, 1.82) is 0 Å². The topological polar surface area (TPSA) is 86.6 Å². The quantitative estimate of drug-likeness (QED) is 0.645. The zero-order chi connectivity index (χ0) is 22.1. The van der Waals surface area contributed by atoms with Gasteiger partial charge in [0.25, 0.3) is 0 Å². The predicted octanol–water partition coefficient (Wildman–Crippen LogP) is 2.07. The Bertz CT molecular complexity index is 843. The second-order valence-electron chi connectivity index (χ2n) is 10.1. The summed E-state index contributed by atoms with van der Waals surface area (Å²) >= 11 is 0. The maximum atomic E-state index is 17.0. The minimum Gasteiger partial charge on any atom is -0.390 e. The molecule has 4 aliphatic carbocycles. The fourth-order valence-corrected chi connectivity index (χ4v) is 7.62. The van der Waals surface area contributed by atoms with Crippen LogP contribution >= 0.6 is 0 Å². The Morgan fingerprint density at radius 3 is 2.67 bits per heavy atom. The molecule has 0 aromatic carbocycles. The molecule has 3 N–H and O–H groups in total. The SMILES string of the molecule is CNC[C@]1(C(=O)CO)CCC2[C@@H]3C[C@H](F)C4=CC(=O)C=C[C@]4(C)[C@@]3(F)[C@@H](O)C[C@@]21C. The summed E-state index contributed by atoms with van der Waals surface area (Å²) in [5, 5.41) is 24.0. The van der Waals surface area contributed by atoms with Gasteiger partial charge in [0.05, 0.1) is 6.10 Å². The first-order valence-electron chi connectivity index (χ1n) is 10.8. The standard InChI is InChI=1S/C23H31F2NO4/c1-20-6-4-13(28)8-16(20)17(24)9-15-14-5-7-22(12-26-3,19(30)11-27)21(14,2)10-18(29)23(15,20)25/h4,6,8,14-15,17-18,26-27,29H,5,7,9-12H2,1-3H3/t14?,15-,17-,18-,20-,21-,22-,23-/m0/s1. The Hall–Kier alpha value is -1.44. The van der Waals surface area contributed by atoms with Gasteiger partial charge in [0.15, 0.2) is 17.2 Å². The number of ketones is 2. The summed E-state index contributed by atoms with van der Waals surface area (Å²) in [6.45, 7) is 3.15. The monoisotopic (exact) mass is 423 g/mol. The van der Waals surface area contributed by atoms with E-state index in [2.05, 4.69) is 5.32 Å². The van der Waals surface area contributed by atoms with E-state index in [0.717, 1.165) is 0 Å².